The minimum absolute atomic E-state index is 0.0311. The lowest BCUT2D eigenvalue weighted by atomic mass is 10.1. The molecule has 0 radical (unpaired) electrons. The summed E-state index contributed by atoms with van der Waals surface area (Å²) < 4.78 is 1.15. The molecule has 0 aliphatic heterocycles. The number of rotatable bonds is 3. The first-order chi connectivity index (χ1) is 11.0. The molecule has 0 N–H and O–H groups in total. The summed E-state index contributed by atoms with van der Waals surface area (Å²) in [7, 11) is 1.84. The van der Waals surface area contributed by atoms with E-state index in [1.54, 1.807) is 16.2 Å². The number of benzene rings is 2. The van der Waals surface area contributed by atoms with E-state index in [2.05, 4.69) is 17.1 Å². The van der Waals surface area contributed by atoms with E-state index in [-0.39, 0.29) is 11.9 Å². The summed E-state index contributed by atoms with van der Waals surface area (Å²) in [6, 6.07) is 14.0. The SMILES string of the molecule is Cc1cc(C)cc(C(=O)N(C)[C@H](C)c2nc3ccccc3s2)c1. The van der Waals surface area contributed by atoms with Crippen LogP contribution in [0.5, 0.6) is 0 Å². The van der Waals surface area contributed by atoms with Crippen LogP contribution in [0.3, 0.4) is 0 Å². The van der Waals surface area contributed by atoms with Gasteiger partial charge in [-0.25, -0.2) is 4.98 Å². The van der Waals surface area contributed by atoms with E-state index in [1.165, 1.54) is 0 Å². The normalized spacial score (nSPS) is 12.3. The molecule has 1 atom stereocenters. The Morgan fingerprint density at radius 3 is 2.43 bits per heavy atom. The summed E-state index contributed by atoms with van der Waals surface area (Å²) in [6.45, 7) is 6.06. The highest BCUT2D eigenvalue weighted by molar-refractivity contribution is 7.18. The van der Waals surface area contributed by atoms with Gasteiger partial charge in [0.25, 0.3) is 5.91 Å². The van der Waals surface area contributed by atoms with Gasteiger partial charge in [-0.3, -0.25) is 4.79 Å². The van der Waals surface area contributed by atoms with Crippen LogP contribution in [0, 0.1) is 13.8 Å². The van der Waals surface area contributed by atoms with E-state index in [9.17, 15) is 4.79 Å². The molecule has 2 aromatic carbocycles. The number of hydrogen-bond acceptors (Lipinski definition) is 3. The number of hydrogen-bond donors (Lipinski definition) is 0. The maximum Gasteiger partial charge on any atom is 0.254 e. The highest BCUT2D eigenvalue weighted by Gasteiger charge is 2.22. The Bertz CT molecular complexity index is 815. The van der Waals surface area contributed by atoms with Crippen LogP contribution < -0.4 is 0 Å². The van der Waals surface area contributed by atoms with Gasteiger partial charge in [0.2, 0.25) is 0 Å². The molecule has 1 aromatic heterocycles. The van der Waals surface area contributed by atoms with E-state index in [4.69, 9.17) is 0 Å². The van der Waals surface area contributed by atoms with Gasteiger partial charge in [-0.1, -0.05) is 29.3 Å². The van der Waals surface area contributed by atoms with Gasteiger partial charge in [-0.15, -0.1) is 11.3 Å². The van der Waals surface area contributed by atoms with Crippen molar-refractivity contribution >= 4 is 27.5 Å². The molecule has 4 heteroatoms. The summed E-state index contributed by atoms with van der Waals surface area (Å²) in [5.74, 6) is 0.0311. The van der Waals surface area contributed by atoms with Crippen molar-refractivity contribution in [2.24, 2.45) is 0 Å². The second-order valence-electron chi connectivity index (χ2n) is 5.99. The molecule has 0 spiro atoms. The van der Waals surface area contributed by atoms with Gasteiger partial charge in [0.1, 0.15) is 5.01 Å². The molecule has 1 amide bonds. The Morgan fingerprint density at radius 2 is 1.78 bits per heavy atom. The Hall–Kier alpha value is -2.20. The molecular weight excluding hydrogens is 304 g/mol. The first-order valence-corrected chi connectivity index (χ1v) is 8.48. The van der Waals surface area contributed by atoms with Crippen molar-refractivity contribution in [3.8, 4) is 0 Å². The van der Waals surface area contributed by atoms with Gasteiger partial charge in [-0.05, 0) is 45.0 Å². The maximum atomic E-state index is 12.8. The van der Waals surface area contributed by atoms with Crippen LogP contribution in [-0.4, -0.2) is 22.8 Å². The average molecular weight is 324 g/mol. The summed E-state index contributed by atoms with van der Waals surface area (Å²) >= 11 is 1.65. The summed E-state index contributed by atoms with van der Waals surface area (Å²) in [4.78, 5) is 19.2. The van der Waals surface area contributed by atoms with Gasteiger partial charge in [0.05, 0.1) is 16.3 Å². The van der Waals surface area contributed by atoms with Crippen LogP contribution in [-0.2, 0) is 0 Å². The van der Waals surface area contributed by atoms with E-state index >= 15 is 0 Å². The van der Waals surface area contributed by atoms with Crippen molar-refractivity contribution in [2.75, 3.05) is 7.05 Å². The predicted molar refractivity (Wildman–Crippen MR) is 96.0 cm³/mol. The van der Waals surface area contributed by atoms with E-state index in [1.807, 2.05) is 58.2 Å². The number of fused-ring (bicyclic) bond motifs is 1. The Kier molecular flexibility index (Phi) is 4.18. The number of para-hydroxylation sites is 1. The first kappa shape index (κ1) is 15.7. The Morgan fingerprint density at radius 1 is 1.13 bits per heavy atom. The van der Waals surface area contributed by atoms with Crippen LogP contribution in [0.2, 0.25) is 0 Å². The number of aromatic nitrogens is 1. The van der Waals surface area contributed by atoms with Gasteiger partial charge >= 0.3 is 0 Å². The van der Waals surface area contributed by atoms with E-state index in [0.717, 1.165) is 31.9 Å². The van der Waals surface area contributed by atoms with Crippen molar-refractivity contribution < 1.29 is 4.79 Å². The van der Waals surface area contributed by atoms with Crippen LogP contribution in [0.1, 0.15) is 39.5 Å². The summed E-state index contributed by atoms with van der Waals surface area (Å²) in [5.41, 5.74) is 3.94. The fourth-order valence-corrected chi connectivity index (χ4v) is 3.77. The molecule has 0 unspecified atom stereocenters. The minimum Gasteiger partial charge on any atom is -0.333 e. The molecule has 0 aliphatic rings. The van der Waals surface area contributed by atoms with Crippen molar-refractivity contribution in [1.29, 1.82) is 0 Å². The van der Waals surface area contributed by atoms with Crippen molar-refractivity contribution in [1.82, 2.24) is 9.88 Å². The quantitative estimate of drug-likeness (QED) is 0.697. The Balaban J connectivity index is 1.88. The molecule has 1 heterocycles. The second-order valence-corrected chi connectivity index (χ2v) is 7.05. The fourth-order valence-electron chi connectivity index (χ4n) is 2.71. The lowest BCUT2D eigenvalue weighted by Crippen LogP contribution is -2.29. The third-order valence-electron chi connectivity index (χ3n) is 4.04. The van der Waals surface area contributed by atoms with E-state index < -0.39 is 0 Å². The fraction of sp³-hybridized carbons (Fsp3) is 0.263. The number of nitrogens with zero attached hydrogens (tertiary/aromatic N) is 2. The highest BCUT2D eigenvalue weighted by atomic mass is 32.1. The van der Waals surface area contributed by atoms with E-state index in [0.29, 0.717) is 0 Å². The summed E-state index contributed by atoms with van der Waals surface area (Å²) in [5, 5.41) is 0.964. The predicted octanol–water partition coefficient (Wildman–Crippen LogP) is 4.75. The third kappa shape index (κ3) is 3.13. The Labute approximate surface area is 140 Å². The molecule has 0 saturated heterocycles. The maximum absolute atomic E-state index is 12.8. The number of thiazole rings is 1. The van der Waals surface area contributed by atoms with Gasteiger partial charge in [0.15, 0.2) is 0 Å². The molecule has 3 aromatic rings. The third-order valence-corrected chi connectivity index (χ3v) is 5.24. The monoisotopic (exact) mass is 324 g/mol. The molecule has 0 bridgehead atoms. The van der Waals surface area contributed by atoms with Crippen molar-refractivity contribution in [2.45, 2.75) is 26.8 Å². The van der Waals surface area contributed by atoms with Crippen molar-refractivity contribution in [3.05, 3.63) is 64.2 Å². The zero-order chi connectivity index (χ0) is 16.6. The molecule has 3 nitrogen and oxygen atoms in total. The molecular formula is C19H20N2OS. The smallest absolute Gasteiger partial charge is 0.254 e. The molecule has 23 heavy (non-hydrogen) atoms. The molecule has 0 saturated carbocycles. The number of aryl methyl sites for hydroxylation is 2. The summed E-state index contributed by atoms with van der Waals surface area (Å²) in [6.07, 6.45) is 0. The van der Waals surface area contributed by atoms with Crippen LogP contribution in [0.25, 0.3) is 10.2 Å². The molecule has 3 rings (SSSR count). The van der Waals surface area contributed by atoms with Gasteiger partial charge < -0.3 is 4.90 Å². The lowest BCUT2D eigenvalue weighted by molar-refractivity contribution is 0.0742. The van der Waals surface area contributed by atoms with Crippen LogP contribution in [0.4, 0.5) is 0 Å². The highest BCUT2D eigenvalue weighted by Crippen LogP contribution is 2.29. The lowest BCUT2D eigenvalue weighted by Gasteiger charge is -2.23. The molecule has 0 aliphatic carbocycles. The zero-order valence-electron chi connectivity index (χ0n) is 13.8. The minimum atomic E-state index is -0.0549. The van der Waals surface area contributed by atoms with Crippen LogP contribution >= 0.6 is 11.3 Å². The largest absolute Gasteiger partial charge is 0.333 e. The first-order valence-electron chi connectivity index (χ1n) is 7.66. The van der Waals surface area contributed by atoms with Crippen molar-refractivity contribution in [3.63, 3.8) is 0 Å². The second kappa shape index (κ2) is 6.13. The average Bonchev–Trinajstić information content (AvgIpc) is 2.95. The number of carbonyl (C=O) groups is 1. The van der Waals surface area contributed by atoms with Gasteiger partial charge in [0, 0.05) is 12.6 Å². The topological polar surface area (TPSA) is 33.2 Å². The zero-order valence-corrected chi connectivity index (χ0v) is 14.6. The number of amides is 1. The molecule has 0 fully saturated rings. The van der Waals surface area contributed by atoms with Gasteiger partial charge in [-0.2, -0.15) is 0 Å². The molecule has 118 valence electrons. The van der Waals surface area contributed by atoms with Crippen LogP contribution in [0.15, 0.2) is 42.5 Å². The number of carbonyl (C=O) groups excluding carboxylic acids is 1. The standard InChI is InChI=1S/C19H20N2OS/c1-12-9-13(2)11-15(10-12)19(22)21(4)14(3)18-20-16-7-5-6-8-17(16)23-18/h5-11,14H,1-4H3/t14-/m1/s1.